The Balaban J connectivity index is 1.60. The van der Waals surface area contributed by atoms with Crippen molar-refractivity contribution in [2.45, 2.75) is 323 Å². The average molecular weight is 1040 g/mol. The van der Waals surface area contributed by atoms with Crippen molar-refractivity contribution in [2.75, 3.05) is 46.6 Å². The molecule has 1 N–H and O–H groups in total. The van der Waals surface area contributed by atoms with Gasteiger partial charge in [-0.1, -0.05) is 233 Å². The van der Waals surface area contributed by atoms with Crippen molar-refractivity contribution in [2.24, 2.45) is 34.0 Å². The third-order valence-corrected chi connectivity index (χ3v) is 18.7. The molecule has 4 bridgehead atoms. The number of unbranched alkanes of at least 4 members (excludes halogenated alkanes) is 24. The molecule has 4 fully saturated rings. The van der Waals surface area contributed by atoms with Crippen LogP contribution < -0.4 is 0 Å². The minimum atomic E-state index is -0.136. The minimum Gasteiger partial charge on any atom is -0.466 e. The molecule has 0 spiro atoms. The van der Waals surface area contributed by atoms with Crippen LogP contribution in [0.2, 0.25) is 0 Å². The van der Waals surface area contributed by atoms with Crippen LogP contribution in [0.15, 0.2) is 0 Å². The Morgan fingerprint density at radius 3 is 1.00 bits per heavy atom. The summed E-state index contributed by atoms with van der Waals surface area (Å²) in [6.07, 6.45) is 54.9. The summed E-state index contributed by atoms with van der Waals surface area (Å²) in [5.74, 6) is 1.63. The molecule has 4 saturated carbocycles. The molecule has 0 aromatic carbocycles. The summed E-state index contributed by atoms with van der Waals surface area (Å²) in [5, 5.41) is 9.30. The van der Waals surface area contributed by atoms with Gasteiger partial charge >= 0.3 is 17.9 Å². The van der Waals surface area contributed by atoms with Gasteiger partial charge < -0.3 is 24.2 Å². The number of nitrogens with zero attached hydrogens (tertiary/aromatic N) is 1. The van der Waals surface area contributed by atoms with E-state index in [1.54, 1.807) is 0 Å². The molecular weight excluding hydrogens is 919 g/mol. The Morgan fingerprint density at radius 1 is 0.419 bits per heavy atom. The van der Waals surface area contributed by atoms with Crippen molar-refractivity contribution in [3.05, 3.63) is 0 Å². The molecule has 4 rings (SSSR count). The zero-order valence-corrected chi connectivity index (χ0v) is 49.8. The van der Waals surface area contributed by atoms with Gasteiger partial charge in [0.05, 0.1) is 19.8 Å². The lowest BCUT2D eigenvalue weighted by Crippen LogP contribution is -2.57. The second-order valence-corrected chi connectivity index (χ2v) is 25.6. The summed E-state index contributed by atoms with van der Waals surface area (Å²) in [4.78, 5) is 42.6. The summed E-state index contributed by atoms with van der Waals surface area (Å²) >= 11 is 0. The number of esters is 3. The van der Waals surface area contributed by atoms with Crippen molar-refractivity contribution >= 4 is 17.9 Å². The van der Waals surface area contributed by atoms with E-state index in [1.165, 1.54) is 205 Å². The van der Waals surface area contributed by atoms with Crippen molar-refractivity contribution < 1.29 is 33.7 Å². The summed E-state index contributed by atoms with van der Waals surface area (Å²) in [5.41, 5.74) is 0.100. The van der Waals surface area contributed by atoms with Crippen molar-refractivity contribution in [1.29, 1.82) is 0 Å². The first-order chi connectivity index (χ1) is 36.0. The maximum atomic E-state index is 13.7. The number of likely N-dealkylation sites (N-methyl/N-ethyl adjacent to an activating group) is 1. The zero-order valence-electron chi connectivity index (χ0n) is 49.8. The zero-order chi connectivity index (χ0) is 53.4. The first-order valence-corrected chi connectivity index (χ1v) is 32.8. The lowest BCUT2D eigenvalue weighted by Gasteiger charge is -2.67. The van der Waals surface area contributed by atoms with E-state index in [1.807, 2.05) is 11.9 Å². The monoisotopic (exact) mass is 1040 g/mol. The average Bonchev–Trinajstić information content (AvgIpc) is 3.37. The normalized spacial score (nSPS) is 21.1. The second kappa shape index (κ2) is 41.4. The third-order valence-electron chi connectivity index (χ3n) is 18.7. The topological polar surface area (TPSA) is 102 Å². The molecule has 0 saturated heterocycles. The maximum absolute atomic E-state index is 13.7. The van der Waals surface area contributed by atoms with E-state index >= 15 is 0 Å². The van der Waals surface area contributed by atoms with Crippen LogP contribution >= 0.6 is 0 Å². The molecule has 0 heterocycles. The van der Waals surface area contributed by atoms with E-state index in [0.717, 1.165) is 70.6 Å². The molecular formula is C66H123NO7. The third kappa shape index (κ3) is 29.9. The van der Waals surface area contributed by atoms with Crippen molar-refractivity contribution in [3.8, 4) is 0 Å². The van der Waals surface area contributed by atoms with E-state index in [2.05, 4.69) is 27.7 Å². The van der Waals surface area contributed by atoms with Crippen LogP contribution in [-0.4, -0.2) is 74.5 Å². The second-order valence-electron chi connectivity index (χ2n) is 25.6. The molecule has 0 amide bonds. The lowest BCUT2D eigenvalue weighted by atomic mass is 9.37. The van der Waals surface area contributed by atoms with Gasteiger partial charge in [0.1, 0.15) is 6.61 Å². The number of carbonyl (C=O) groups is 3. The summed E-state index contributed by atoms with van der Waals surface area (Å²) in [6, 6.07) is 0. The lowest BCUT2D eigenvalue weighted by molar-refractivity contribution is -0.177. The summed E-state index contributed by atoms with van der Waals surface area (Å²) < 4.78 is 18.0. The Morgan fingerprint density at radius 2 is 0.703 bits per heavy atom. The molecule has 8 nitrogen and oxygen atoms in total. The highest BCUT2D eigenvalue weighted by atomic mass is 16.5. The Hall–Kier alpha value is -1.67. The highest BCUT2D eigenvalue weighted by Gasteiger charge is 2.62. The van der Waals surface area contributed by atoms with E-state index < -0.39 is 0 Å². The number of hydrogen-bond acceptors (Lipinski definition) is 8. The number of rotatable bonds is 52. The smallest absolute Gasteiger partial charge is 0.305 e. The van der Waals surface area contributed by atoms with E-state index in [4.69, 9.17) is 14.2 Å². The number of aliphatic hydroxyl groups is 1. The molecule has 4 aliphatic rings. The quantitative estimate of drug-likeness (QED) is 0.0365. The van der Waals surface area contributed by atoms with Crippen LogP contribution in [0.3, 0.4) is 0 Å². The highest BCUT2D eigenvalue weighted by Crippen LogP contribution is 2.73. The van der Waals surface area contributed by atoms with Crippen molar-refractivity contribution in [1.82, 2.24) is 4.90 Å². The van der Waals surface area contributed by atoms with E-state index in [0.29, 0.717) is 69.9 Å². The van der Waals surface area contributed by atoms with Gasteiger partial charge in [0.2, 0.25) is 0 Å². The largest absolute Gasteiger partial charge is 0.466 e. The van der Waals surface area contributed by atoms with E-state index in [9.17, 15) is 19.5 Å². The Kier molecular flexibility index (Phi) is 37.3. The van der Waals surface area contributed by atoms with Gasteiger partial charge in [-0.3, -0.25) is 14.4 Å². The van der Waals surface area contributed by atoms with Gasteiger partial charge in [0.25, 0.3) is 0 Å². The highest BCUT2D eigenvalue weighted by molar-refractivity contribution is 5.70. The first-order valence-electron chi connectivity index (χ1n) is 32.8. The van der Waals surface area contributed by atoms with Gasteiger partial charge in [-0.25, -0.2) is 0 Å². The standard InChI is InChI=1S/C66H123NO7/c1-6-10-14-18-22-26-30-34-58(35-31-27-23-19-15-11-7-2)41-49-72-61(69)38-43-64-52-60-53-65(55-64,57-66(54-60,56-64)45-40-63(71)74-51-47-67(5)46-48-68)44-39-62(70)73-50-42-59(36-32-28-24-20-16-12-8-3)37-33-29-25-21-17-13-9-4/h58-60,68H,6-57H2,1-5H3. The number of ether oxygens (including phenoxy) is 3. The molecule has 0 aliphatic heterocycles. The van der Waals surface area contributed by atoms with Gasteiger partial charge in [-0.05, 0) is 112 Å². The molecule has 2 atom stereocenters. The maximum Gasteiger partial charge on any atom is 0.305 e. The molecule has 74 heavy (non-hydrogen) atoms. The van der Waals surface area contributed by atoms with Crippen LogP contribution in [0.1, 0.15) is 323 Å². The van der Waals surface area contributed by atoms with Crippen molar-refractivity contribution in [3.63, 3.8) is 0 Å². The van der Waals surface area contributed by atoms with Crippen LogP contribution in [0.4, 0.5) is 0 Å². The predicted molar refractivity (Wildman–Crippen MR) is 310 cm³/mol. The van der Waals surface area contributed by atoms with Crippen LogP contribution in [-0.2, 0) is 28.6 Å². The molecule has 434 valence electrons. The van der Waals surface area contributed by atoms with Crippen LogP contribution in [0.25, 0.3) is 0 Å². The van der Waals surface area contributed by atoms with Gasteiger partial charge in [0, 0.05) is 32.4 Å². The molecule has 8 heteroatoms. The summed E-state index contributed by atoms with van der Waals surface area (Å²) in [6.45, 7) is 11.8. The van der Waals surface area contributed by atoms with E-state index in [-0.39, 0.29) is 40.8 Å². The van der Waals surface area contributed by atoms with Gasteiger partial charge in [-0.15, -0.1) is 0 Å². The number of carbonyl (C=O) groups excluding carboxylic acids is 3. The Labute approximate surface area is 458 Å². The molecule has 0 radical (unpaired) electrons. The van der Waals surface area contributed by atoms with Gasteiger partial charge in [-0.2, -0.15) is 0 Å². The van der Waals surface area contributed by atoms with Crippen LogP contribution in [0, 0.1) is 34.0 Å². The fraction of sp³-hybridized carbons (Fsp3) is 0.955. The SMILES string of the molecule is CCCCCCCCCC(CCCCCCCCC)CCOC(=O)CCC12CC3CC(CCC(=O)OCCC(CCCCCCCCC)CCCCCCCCC)(C1)CC(CCC(=O)OCCN(C)CCO)(C3)C2. The fourth-order valence-electron chi connectivity index (χ4n) is 14.9. The Bertz CT molecular complexity index is 1290. The molecule has 0 aromatic rings. The summed E-state index contributed by atoms with van der Waals surface area (Å²) in [7, 11) is 1.93. The fourth-order valence-corrected chi connectivity index (χ4v) is 14.9. The molecule has 0 aromatic heterocycles. The molecule has 2 unspecified atom stereocenters. The predicted octanol–water partition coefficient (Wildman–Crippen LogP) is 18.4. The number of aliphatic hydroxyl groups excluding tert-OH is 1. The molecule has 4 aliphatic carbocycles. The number of hydrogen-bond donors (Lipinski definition) is 1. The van der Waals surface area contributed by atoms with Gasteiger partial charge in [0.15, 0.2) is 0 Å². The first kappa shape index (κ1) is 66.6. The minimum absolute atomic E-state index is 0.0262. The van der Waals surface area contributed by atoms with Crippen LogP contribution in [0.5, 0.6) is 0 Å².